The van der Waals surface area contributed by atoms with Gasteiger partial charge in [0.05, 0.1) is 0 Å². The van der Waals surface area contributed by atoms with Gasteiger partial charge in [-0.05, 0) is 47.1 Å². The van der Waals surface area contributed by atoms with E-state index in [1.165, 1.54) is 12.1 Å². The lowest BCUT2D eigenvalue weighted by Crippen LogP contribution is -1.99. The van der Waals surface area contributed by atoms with Crippen LogP contribution in [0.5, 0.6) is 0 Å². The molecule has 0 aliphatic rings. The van der Waals surface area contributed by atoms with Crippen LogP contribution in [0, 0.1) is 18.6 Å². The zero-order valence-corrected chi connectivity index (χ0v) is 12.1. The van der Waals surface area contributed by atoms with Gasteiger partial charge in [-0.25, -0.2) is 13.8 Å². The van der Waals surface area contributed by atoms with Crippen molar-refractivity contribution in [2.45, 2.75) is 6.92 Å². The minimum absolute atomic E-state index is 0.0572. The number of aromatic nitrogens is 2. The highest BCUT2D eigenvalue weighted by atomic mass is 79.9. The minimum atomic E-state index is -0.945. The third-order valence-corrected chi connectivity index (χ3v) is 4.04. The van der Waals surface area contributed by atoms with Gasteiger partial charge in [-0.3, -0.25) is 4.40 Å². The molecule has 0 fully saturated rings. The summed E-state index contributed by atoms with van der Waals surface area (Å²) >= 11 is 3.40. The molecule has 2 heterocycles. The molecule has 0 amide bonds. The second kappa shape index (κ2) is 4.56. The van der Waals surface area contributed by atoms with E-state index in [1.54, 1.807) is 10.5 Å². The van der Waals surface area contributed by atoms with E-state index in [2.05, 4.69) is 20.9 Å². The Morgan fingerprint density at radius 2 is 1.95 bits per heavy atom. The second-order valence-corrected chi connectivity index (χ2v) is 5.26. The molecule has 0 aliphatic heterocycles. The number of imidazole rings is 1. The van der Waals surface area contributed by atoms with Gasteiger partial charge in [-0.1, -0.05) is 6.07 Å². The molecular formula is C14H10BrF2N3. The second-order valence-electron chi connectivity index (χ2n) is 4.41. The molecule has 20 heavy (non-hydrogen) atoms. The number of nitrogen functional groups attached to an aromatic ring is 1. The summed E-state index contributed by atoms with van der Waals surface area (Å²) in [5.41, 5.74) is 7.77. The topological polar surface area (TPSA) is 43.3 Å². The van der Waals surface area contributed by atoms with Crippen LogP contribution in [-0.4, -0.2) is 9.38 Å². The number of pyridine rings is 1. The molecule has 0 saturated carbocycles. The molecule has 2 aromatic heterocycles. The zero-order chi connectivity index (χ0) is 14.4. The first-order valence-corrected chi connectivity index (χ1v) is 6.67. The fraction of sp³-hybridized carbons (Fsp3) is 0.0714. The van der Waals surface area contributed by atoms with Gasteiger partial charge in [0.1, 0.15) is 17.2 Å². The summed E-state index contributed by atoms with van der Waals surface area (Å²) in [6.45, 7) is 1.86. The van der Waals surface area contributed by atoms with Crippen molar-refractivity contribution in [1.29, 1.82) is 0 Å². The molecule has 0 radical (unpaired) electrons. The number of aryl methyl sites for hydroxylation is 1. The SMILES string of the molecule is Cc1c(Br)ccc2nc(-c3cccc(F)c3F)c(N)n12. The summed E-state index contributed by atoms with van der Waals surface area (Å²) in [6, 6.07) is 7.55. The van der Waals surface area contributed by atoms with E-state index in [0.29, 0.717) is 5.65 Å². The first kappa shape index (κ1) is 13.1. The minimum Gasteiger partial charge on any atom is -0.383 e. The number of hydrogen-bond donors (Lipinski definition) is 1. The highest BCUT2D eigenvalue weighted by Crippen LogP contribution is 2.31. The number of benzene rings is 1. The Balaban J connectivity index is 2.36. The molecule has 3 aromatic rings. The number of nitrogens with two attached hydrogens (primary N) is 1. The summed E-state index contributed by atoms with van der Waals surface area (Å²) in [5.74, 6) is -1.58. The Hall–Kier alpha value is -1.95. The predicted molar refractivity (Wildman–Crippen MR) is 77.4 cm³/mol. The molecule has 0 unspecified atom stereocenters. The maximum Gasteiger partial charge on any atom is 0.168 e. The fourth-order valence-electron chi connectivity index (χ4n) is 2.18. The van der Waals surface area contributed by atoms with Gasteiger partial charge >= 0.3 is 0 Å². The third-order valence-electron chi connectivity index (χ3n) is 3.21. The van der Waals surface area contributed by atoms with Crippen LogP contribution in [-0.2, 0) is 0 Å². The van der Waals surface area contributed by atoms with Crippen LogP contribution in [0.25, 0.3) is 16.9 Å². The Morgan fingerprint density at radius 3 is 2.70 bits per heavy atom. The molecule has 3 nitrogen and oxygen atoms in total. The lowest BCUT2D eigenvalue weighted by molar-refractivity contribution is 0.511. The third kappa shape index (κ3) is 1.79. The van der Waals surface area contributed by atoms with E-state index in [0.717, 1.165) is 16.2 Å². The van der Waals surface area contributed by atoms with Gasteiger partial charge in [0.15, 0.2) is 11.6 Å². The molecule has 1 aromatic carbocycles. The zero-order valence-electron chi connectivity index (χ0n) is 10.5. The highest BCUT2D eigenvalue weighted by molar-refractivity contribution is 9.10. The van der Waals surface area contributed by atoms with E-state index < -0.39 is 11.6 Å². The van der Waals surface area contributed by atoms with Crippen LogP contribution in [0.15, 0.2) is 34.8 Å². The van der Waals surface area contributed by atoms with Crippen LogP contribution < -0.4 is 5.73 Å². The van der Waals surface area contributed by atoms with E-state index in [1.807, 2.05) is 13.0 Å². The van der Waals surface area contributed by atoms with Crippen molar-refractivity contribution in [3.05, 3.63) is 52.1 Å². The predicted octanol–water partition coefficient (Wildman–Crippen LogP) is 3.93. The largest absolute Gasteiger partial charge is 0.383 e. The summed E-state index contributed by atoms with van der Waals surface area (Å²) in [4.78, 5) is 4.30. The lowest BCUT2D eigenvalue weighted by atomic mass is 10.1. The molecule has 102 valence electrons. The highest BCUT2D eigenvalue weighted by Gasteiger charge is 2.18. The number of hydrogen-bond acceptors (Lipinski definition) is 2. The number of fused-ring (bicyclic) bond motifs is 1. The van der Waals surface area contributed by atoms with Crippen LogP contribution in [0.4, 0.5) is 14.6 Å². The van der Waals surface area contributed by atoms with Crippen LogP contribution in [0.1, 0.15) is 5.69 Å². The normalized spacial score (nSPS) is 11.2. The number of anilines is 1. The number of nitrogens with zero attached hydrogens (tertiary/aromatic N) is 2. The van der Waals surface area contributed by atoms with Crippen molar-refractivity contribution in [3.8, 4) is 11.3 Å². The monoisotopic (exact) mass is 337 g/mol. The summed E-state index contributed by atoms with van der Waals surface area (Å²) < 4.78 is 29.8. The van der Waals surface area contributed by atoms with Gasteiger partial charge in [0, 0.05) is 15.7 Å². The van der Waals surface area contributed by atoms with Crippen molar-refractivity contribution in [3.63, 3.8) is 0 Å². The summed E-state index contributed by atoms with van der Waals surface area (Å²) in [7, 11) is 0. The van der Waals surface area contributed by atoms with Gasteiger partial charge in [0.25, 0.3) is 0 Å². The van der Waals surface area contributed by atoms with Crippen molar-refractivity contribution >= 4 is 27.4 Å². The van der Waals surface area contributed by atoms with Crippen molar-refractivity contribution in [2.75, 3.05) is 5.73 Å². The summed E-state index contributed by atoms with van der Waals surface area (Å²) in [5, 5.41) is 0. The first-order chi connectivity index (χ1) is 9.50. The quantitative estimate of drug-likeness (QED) is 0.731. The number of halogens is 3. The molecule has 0 saturated heterocycles. The van der Waals surface area contributed by atoms with E-state index >= 15 is 0 Å². The average Bonchev–Trinajstić information content (AvgIpc) is 2.75. The molecular weight excluding hydrogens is 328 g/mol. The Labute approximate surface area is 122 Å². The van der Waals surface area contributed by atoms with Gasteiger partial charge < -0.3 is 5.73 Å². The lowest BCUT2D eigenvalue weighted by Gasteiger charge is -2.05. The first-order valence-electron chi connectivity index (χ1n) is 5.88. The maximum absolute atomic E-state index is 13.9. The molecule has 0 aliphatic carbocycles. The molecule has 3 rings (SSSR count). The van der Waals surface area contributed by atoms with Crippen LogP contribution in [0.2, 0.25) is 0 Å². The molecule has 0 spiro atoms. The summed E-state index contributed by atoms with van der Waals surface area (Å²) in [6.07, 6.45) is 0. The molecule has 0 bridgehead atoms. The average molecular weight is 338 g/mol. The Morgan fingerprint density at radius 1 is 1.20 bits per heavy atom. The van der Waals surface area contributed by atoms with Crippen molar-refractivity contribution < 1.29 is 8.78 Å². The molecule has 2 N–H and O–H groups in total. The van der Waals surface area contributed by atoms with Crippen LogP contribution in [0.3, 0.4) is 0 Å². The Kier molecular flexibility index (Phi) is 2.97. The standard InChI is InChI=1S/C14H10BrF2N3/c1-7-9(15)5-6-11-19-13(14(18)20(7)11)8-3-2-4-10(16)12(8)17/h2-6H,18H2,1H3. The van der Waals surface area contributed by atoms with Gasteiger partial charge in [0.2, 0.25) is 0 Å². The Bertz CT molecular complexity index is 827. The molecule has 6 heteroatoms. The van der Waals surface area contributed by atoms with E-state index in [9.17, 15) is 8.78 Å². The maximum atomic E-state index is 13.9. The number of rotatable bonds is 1. The van der Waals surface area contributed by atoms with E-state index in [4.69, 9.17) is 5.73 Å². The van der Waals surface area contributed by atoms with Gasteiger partial charge in [-0.15, -0.1) is 0 Å². The van der Waals surface area contributed by atoms with Gasteiger partial charge in [-0.2, -0.15) is 0 Å². The molecule has 0 atom stereocenters. The fourth-order valence-corrected chi connectivity index (χ4v) is 2.48. The van der Waals surface area contributed by atoms with E-state index in [-0.39, 0.29) is 17.1 Å². The van der Waals surface area contributed by atoms with Crippen molar-refractivity contribution in [1.82, 2.24) is 9.38 Å². The smallest absolute Gasteiger partial charge is 0.168 e. The van der Waals surface area contributed by atoms with Crippen LogP contribution >= 0.6 is 15.9 Å². The van der Waals surface area contributed by atoms with Crippen molar-refractivity contribution in [2.24, 2.45) is 0 Å².